The predicted molar refractivity (Wildman–Crippen MR) is 118 cm³/mol. The SMILES string of the molecule is CC(=O)c1ccc(N2CCN([C@@H]3CC(=O)N(c4cc(Cl)cc(Cl)c4)C3=O)CC2)cc1. The Morgan fingerprint density at radius 3 is 2.07 bits per heavy atom. The molecule has 2 fully saturated rings. The van der Waals surface area contributed by atoms with E-state index in [0.717, 1.165) is 18.8 Å². The normalized spacial score (nSPS) is 20.2. The first kappa shape index (κ1) is 20.8. The van der Waals surface area contributed by atoms with Crippen molar-refractivity contribution in [3.63, 3.8) is 0 Å². The van der Waals surface area contributed by atoms with Crippen molar-refractivity contribution in [1.82, 2.24) is 4.90 Å². The van der Waals surface area contributed by atoms with Gasteiger partial charge in [0.1, 0.15) is 0 Å². The van der Waals surface area contributed by atoms with Gasteiger partial charge in [0.25, 0.3) is 5.91 Å². The molecular weight excluding hydrogens is 425 g/mol. The maximum atomic E-state index is 13.0. The third-order valence-electron chi connectivity index (χ3n) is 5.62. The van der Waals surface area contributed by atoms with E-state index in [0.29, 0.717) is 34.4 Å². The van der Waals surface area contributed by atoms with E-state index in [1.807, 2.05) is 24.3 Å². The average Bonchev–Trinajstić information content (AvgIpc) is 3.01. The lowest BCUT2D eigenvalue weighted by Gasteiger charge is -2.38. The summed E-state index contributed by atoms with van der Waals surface area (Å²) in [7, 11) is 0. The second kappa shape index (κ2) is 8.38. The Hall–Kier alpha value is -2.41. The summed E-state index contributed by atoms with van der Waals surface area (Å²) < 4.78 is 0. The van der Waals surface area contributed by atoms with Gasteiger partial charge < -0.3 is 4.90 Å². The zero-order chi connectivity index (χ0) is 21.4. The minimum absolute atomic E-state index is 0.0429. The molecule has 0 aromatic heterocycles. The van der Waals surface area contributed by atoms with Crippen molar-refractivity contribution in [3.8, 4) is 0 Å². The van der Waals surface area contributed by atoms with Crippen LogP contribution in [-0.2, 0) is 9.59 Å². The van der Waals surface area contributed by atoms with Gasteiger partial charge in [-0.2, -0.15) is 0 Å². The van der Waals surface area contributed by atoms with Crippen molar-refractivity contribution in [2.75, 3.05) is 36.0 Å². The highest BCUT2D eigenvalue weighted by molar-refractivity contribution is 6.35. The van der Waals surface area contributed by atoms with E-state index < -0.39 is 6.04 Å². The van der Waals surface area contributed by atoms with Crippen LogP contribution in [0.5, 0.6) is 0 Å². The Morgan fingerprint density at radius 1 is 0.900 bits per heavy atom. The summed E-state index contributed by atoms with van der Waals surface area (Å²) in [5.41, 5.74) is 2.14. The highest BCUT2D eigenvalue weighted by Crippen LogP contribution is 2.31. The number of benzene rings is 2. The first-order valence-corrected chi connectivity index (χ1v) is 10.5. The molecule has 2 aliphatic heterocycles. The molecule has 1 atom stereocenters. The van der Waals surface area contributed by atoms with E-state index in [9.17, 15) is 14.4 Å². The topological polar surface area (TPSA) is 60.9 Å². The molecule has 156 valence electrons. The average molecular weight is 446 g/mol. The second-order valence-electron chi connectivity index (χ2n) is 7.54. The number of imide groups is 1. The summed E-state index contributed by atoms with van der Waals surface area (Å²) in [6.07, 6.45) is 0.149. The van der Waals surface area contributed by atoms with E-state index in [-0.39, 0.29) is 24.0 Å². The largest absolute Gasteiger partial charge is 0.369 e. The van der Waals surface area contributed by atoms with Crippen LogP contribution in [0.4, 0.5) is 11.4 Å². The molecule has 0 bridgehead atoms. The fourth-order valence-electron chi connectivity index (χ4n) is 4.04. The van der Waals surface area contributed by atoms with Gasteiger partial charge in [0, 0.05) is 47.5 Å². The van der Waals surface area contributed by atoms with Crippen LogP contribution in [0.3, 0.4) is 0 Å². The molecule has 2 heterocycles. The Balaban J connectivity index is 1.43. The lowest BCUT2D eigenvalue weighted by atomic mass is 10.1. The van der Waals surface area contributed by atoms with Crippen LogP contribution in [0, 0.1) is 0 Å². The van der Waals surface area contributed by atoms with Gasteiger partial charge >= 0.3 is 0 Å². The minimum Gasteiger partial charge on any atom is -0.369 e. The smallest absolute Gasteiger partial charge is 0.251 e. The molecule has 4 rings (SSSR count). The molecule has 0 spiro atoms. The van der Waals surface area contributed by atoms with E-state index in [1.54, 1.807) is 25.1 Å². The number of Topliss-reactive ketones (excluding diaryl/α,β-unsaturated/α-hetero) is 1. The summed E-state index contributed by atoms with van der Waals surface area (Å²) in [6.45, 7) is 4.36. The predicted octanol–water partition coefficient (Wildman–Crippen LogP) is 3.65. The maximum absolute atomic E-state index is 13.0. The number of carbonyl (C=O) groups excluding carboxylic acids is 3. The molecule has 30 heavy (non-hydrogen) atoms. The lowest BCUT2D eigenvalue weighted by Crippen LogP contribution is -2.52. The van der Waals surface area contributed by atoms with Crippen LogP contribution in [-0.4, -0.2) is 54.7 Å². The number of halogens is 2. The van der Waals surface area contributed by atoms with Crippen LogP contribution in [0.2, 0.25) is 10.0 Å². The summed E-state index contributed by atoms with van der Waals surface area (Å²) in [6, 6.07) is 11.8. The number of carbonyl (C=O) groups is 3. The van der Waals surface area contributed by atoms with Crippen LogP contribution < -0.4 is 9.80 Å². The van der Waals surface area contributed by atoms with Crippen molar-refractivity contribution >= 4 is 52.2 Å². The van der Waals surface area contributed by atoms with E-state index in [4.69, 9.17) is 23.2 Å². The molecule has 6 nitrogen and oxygen atoms in total. The first-order valence-electron chi connectivity index (χ1n) is 9.76. The summed E-state index contributed by atoms with van der Waals surface area (Å²) in [4.78, 5) is 42.5. The minimum atomic E-state index is -0.475. The summed E-state index contributed by atoms with van der Waals surface area (Å²) in [5.74, 6) is -0.440. The van der Waals surface area contributed by atoms with Crippen molar-refractivity contribution in [1.29, 1.82) is 0 Å². The molecule has 0 saturated carbocycles. The Labute approximate surface area is 184 Å². The monoisotopic (exact) mass is 445 g/mol. The molecule has 2 amide bonds. The fraction of sp³-hybridized carbons (Fsp3) is 0.318. The van der Waals surface area contributed by atoms with Gasteiger partial charge in [0.2, 0.25) is 5.91 Å². The first-order chi connectivity index (χ1) is 14.3. The number of amides is 2. The van der Waals surface area contributed by atoms with Gasteiger partial charge in [-0.05, 0) is 49.4 Å². The van der Waals surface area contributed by atoms with Crippen LogP contribution in [0.25, 0.3) is 0 Å². The lowest BCUT2D eigenvalue weighted by molar-refractivity contribution is -0.123. The van der Waals surface area contributed by atoms with Crippen molar-refractivity contribution in [2.45, 2.75) is 19.4 Å². The second-order valence-corrected chi connectivity index (χ2v) is 8.41. The molecular formula is C22H21Cl2N3O3. The zero-order valence-corrected chi connectivity index (χ0v) is 18.0. The number of piperazine rings is 1. The van der Waals surface area contributed by atoms with Crippen molar-refractivity contribution in [3.05, 3.63) is 58.1 Å². The van der Waals surface area contributed by atoms with Crippen LogP contribution >= 0.6 is 23.2 Å². The van der Waals surface area contributed by atoms with E-state index in [1.165, 1.54) is 4.90 Å². The molecule has 2 aromatic carbocycles. The third-order valence-corrected chi connectivity index (χ3v) is 6.06. The third kappa shape index (κ3) is 4.08. The molecule has 8 heteroatoms. The van der Waals surface area contributed by atoms with Gasteiger partial charge in [-0.25, -0.2) is 4.90 Å². The van der Waals surface area contributed by atoms with Crippen LogP contribution in [0.15, 0.2) is 42.5 Å². The van der Waals surface area contributed by atoms with Crippen LogP contribution in [0.1, 0.15) is 23.7 Å². The molecule has 0 radical (unpaired) electrons. The molecule has 0 aliphatic carbocycles. The molecule has 0 N–H and O–H groups in total. The Bertz CT molecular complexity index is 981. The number of anilines is 2. The number of nitrogens with zero attached hydrogens (tertiary/aromatic N) is 3. The Kier molecular flexibility index (Phi) is 5.82. The zero-order valence-electron chi connectivity index (χ0n) is 16.5. The standard InChI is InChI=1S/C22H21Cl2N3O3/c1-14(28)15-2-4-18(5-3-15)25-6-8-26(9-7-25)20-13-21(29)27(22(20)30)19-11-16(23)10-17(24)12-19/h2-5,10-12,20H,6-9,13H2,1H3/t20-/m1/s1. The fourth-order valence-corrected chi connectivity index (χ4v) is 4.55. The van der Waals surface area contributed by atoms with Crippen molar-refractivity contribution < 1.29 is 14.4 Å². The number of ketones is 1. The Morgan fingerprint density at radius 2 is 1.50 bits per heavy atom. The van der Waals surface area contributed by atoms with Gasteiger partial charge in [-0.15, -0.1) is 0 Å². The molecule has 2 aromatic rings. The summed E-state index contributed by atoms with van der Waals surface area (Å²) >= 11 is 12.1. The van der Waals surface area contributed by atoms with E-state index in [2.05, 4.69) is 9.80 Å². The molecule has 2 saturated heterocycles. The van der Waals surface area contributed by atoms with Gasteiger partial charge in [0.15, 0.2) is 5.78 Å². The number of rotatable bonds is 4. The van der Waals surface area contributed by atoms with Crippen molar-refractivity contribution in [2.24, 2.45) is 0 Å². The van der Waals surface area contributed by atoms with Gasteiger partial charge in [0.05, 0.1) is 18.2 Å². The quantitative estimate of drug-likeness (QED) is 0.530. The van der Waals surface area contributed by atoms with Gasteiger partial charge in [-0.3, -0.25) is 19.3 Å². The van der Waals surface area contributed by atoms with E-state index >= 15 is 0 Å². The highest BCUT2D eigenvalue weighted by Gasteiger charge is 2.43. The summed E-state index contributed by atoms with van der Waals surface area (Å²) in [5, 5.41) is 0.761. The van der Waals surface area contributed by atoms with Gasteiger partial charge in [-0.1, -0.05) is 23.2 Å². The number of hydrogen-bond acceptors (Lipinski definition) is 5. The molecule has 0 unspecified atom stereocenters. The maximum Gasteiger partial charge on any atom is 0.251 e. The number of hydrogen-bond donors (Lipinski definition) is 0. The highest BCUT2D eigenvalue weighted by atomic mass is 35.5. The molecule has 2 aliphatic rings.